The number of carbonyl (C=O) groups excluding carboxylic acids is 1. The van der Waals surface area contributed by atoms with Gasteiger partial charge in [0.05, 0.1) is 11.6 Å². The topological polar surface area (TPSA) is 48.5 Å². The van der Waals surface area contributed by atoms with Crippen LogP contribution in [0.5, 0.6) is 0 Å². The first-order chi connectivity index (χ1) is 12.1. The number of hydrogen-bond acceptors (Lipinski definition) is 4. The van der Waals surface area contributed by atoms with Crippen LogP contribution in [-0.2, 0) is 11.3 Å². The summed E-state index contributed by atoms with van der Waals surface area (Å²) in [5.74, 6) is 0.495. The van der Waals surface area contributed by atoms with Gasteiger partial charge in [-0.1, -0.05) is 41.4 Å². The van der Waals surface area contributed by atoms with E-state index in [0.29, 0.717) is 17.4 Å². The van der Waals surface area contributed by atoms with E-state index in [9.17, 15) is 4.79 Å². The first-order valence-electron chi connectivity index (χ1n) is 8.50. The van der Waals surface area contributed by atoms with Crippen molar-refractivity contribution in [1.29, 1.82) is 0 Å². The molecule has 132 valence electrons. The molecule has 2 aromatic rings. The minimum absolute atomic E-state index is 0.0400. The Morgan fingerprint density at radius 3 is 2.40 bits per heavy atom. The maximum Gasteiger partial charge on any atom is 0.239 e. The molecule has 0 spiro atoms. The molecule has 0 atom stereocenters. The molecule has 25 heavy (non-hydrogen) atoms. The molecule has 1 fully saturated rings. The lowest BCUT2D eigenvalue weighted by atomic mass is 10.1. The minimum atomic E-state index is -0.0400. The zero-order chi connectivity index (χ0) is 17.6. The summed E-state index contributed by atoms with van der Waals surface area (Å²) in [7, 11) is 0. The highest BCUT2D eigenvalue weighted by atomic mass is 35.5. The van der Waals surface area contributed by atoms with Crippen LogP contribution in [0.1, 0.15) is 11.1 Å². The fraction of sp³-hybridized carbons (Fsp3) is 0.368. The molecule has 0 bridgehead atoms. The van der Waals surface area contributed by atoms with Gasteiger partial charge in [0.15, 0.2) is 0 Å². The summed E-state index contributed by atoms with van der Waals surface area (Å²) in [5.41, 5.74) is 2.63. The summed E-state index contributed by atoms with van der Waals surface area (Å²) in [6.45, 7) is 7.20. The highest BCUT2D eigenvalue weighted by Crippen LogP contribution is 2.11. The van der Waals surface area contributed by atoms with E-state index in [1.165, 1.54) is 17.3 Å². The highest BCUT2D eigenvalue weighted by molar-refractivity contribution is 6.30. The van der Waals surface area contributed by atoms with E-state index in [-0.39, 0.29) is 5.91 Å². The van der Waals surface area contributed by atoms with Crippen LogP contribution >= 0.6 is 11.6 Å². The van der Waals surface area contributed by atoms with Gasteiger partial charge in [0, 0.05) is 38.9 Å². The smallest absolute Gasteiger partial charge is 0.239 e. The van der Waals surface area contributed by atoms with Crippen molar-refractivity contribution in [2.75, 3.05) is 38.0 Å². The number of halogens is 1. The molecule has 2 heterocycles. The Hall–Kier alpha value is -1.95. The summed E-state index contributed by atoms with van der Waals surface area (Å²) in [6, 6.07) is 12.1. The van der Waals surface area contributed by atoms with Crippen molar-refractivity contribution in [2.45, 2.75) is 13.5 Å². The van der Waals surface area contributed by atoms with Crippen LogP contribution in [0.15, 0.2) is 42.6 Å². The Kier molecular flexibility index (Phi) is 6.02. The van der Waals surface area contributed by atoms with Crippen LogP contribution in [0, 0.1) is 6.92 Å². The molecule has 0 saturated carbocycles. The first-order valence-corrected chi connectivity index (χ1v) is 8.88. The van der Waals surface area contributed by atoms with Gasteiger partial charge in [0.1, 0.15) is 5.82 Å². The lowest BCUT2D eigenvalue weighted by molar-refractivity contribution is -0.117. The molecule has 1 aliphatic heterocycles. The lowest BCUT2D eigenvalue weighted by Crippen LogP contribution is -2.48. The standard InChI is InChI=1S/C19H23ClN4O/c1-15-2-4-16(5-3-15)13-23-8-10-24(11-9-23)14-19(25)22-18-7-6-17(20)12-21-18/h2-7,12H,8-11,13-14H2,1H3,(H,21,22,25). The van der Waals surface area contributed by atoms with Crippen LogP contribution in [0.25, 0.3) is 0 Å². The predicted molar refractivity (Wildman–Crippen MR) is 101 cm³/mol. The Balaban J connectivity index is 1.42. The van der Waals surface area contributed by atoms with E-state index in [1.807, 2.05) is 0 Å². The number of aromatic nitrogens is 1. The maximum atomic E-state index is 12.1. The summed E-state index contributed by atoms with van der Waals surface area (Å²) < 4.78 is 0. The Morgan fingerprint density at radius 2 is 1.76 bits per heavy atom. The third-order valence-corrected chi connectivity index (χ3v) is 4.58. The van der Waals surface area contributed by atoms with Crippen molar-refractivity contribution in [1.82, 2.24) is 14.8 Å². The third-order valence-electron chi connectivity index (χ3n) is 4.35. The number of nitrogens with zero attached hydrogens (tertiary/aromatic N) is 3. The van der Waals surface area contributed by atoms with Gasteiger partial charge in [-0.3, -0.25) is 14.6 Å². The monoisotopic (exact) mass is 358 g/mol. The van der Waals surface area contributed by atoms with Crippen molar-refractivity contribution in [3.8, 4) is 0 Å². The number of benzene rings is 1. The number of carbonyl (C=O) groups is 1. The largest absolute Gasteiger partial charge is 0.310 e. The molecule has 1 aliphatic rings. The first kappa shape index (κ1) is 17.9. The van der Waals surface area contributed by atoms with Crippen molar-refractivity contribution >= 4 is 23.3 Å². The Labute approximate surface area is 153 Å². The summed E-state index contributed by atoms with van der Waals surface area (Å²) in [4.78, 5) is 20.8. The van der Waals surface area contributed by atoms with E-state index in [4.69, 9.17) is 11.6 Å². The molecule has 1 amide bonds. The Morgan fingerprint density at radius 1 is 1.08 bits per heavy atom. The summed E-state index contributed by atoms with van der Waals surface area (Å²) in [6.07, 6.45) is 1.53. The van der Waals surface area contributed by atoms with Crippen molar-refractivity contribution in [3.63, 3.8) is 0 Å². The summed E-state index contributed by atoms with van der Waals surface area (Å²) in [5, 5.41) is 3.37. The van der Waals surface area contributed by atoms with E-state index >= 15 is 0 Å². The Bertz CT molecular complexity index is 694. The van der Waals surface area contributed by atoms with Gasteiger partial charge in [-0.15, -0.1) is 0 Å². The molecule has 0 radical (unpaired) electrons. The number of amides is 1. The minimum Gasteiger partial charge on any atom is -0.310 e. The molecule has 1 saturated heterocycles. The highest BCUT2D eigenvalue weighted by Gasteiger charge is 2.19. The van der Waals surface area contributed by atoms with Crippen LogP contribution in [0.4, 0.5) is 5.82 Å². The van der Waals surface area contributed by atoms with Gasteiger partial charge in [-0.2, -0.15) is 0 Å². The molecule has 1 aromatic heterocycles. The van der Waals surface area contributed by atoms with Gasteiger partial charge >= 0.3 is 0 Å². The quantitative estimate of drug-likeness (QED) is 0.892. The van der Waals surface area contributed by atoms with Crippen LogP contribution in [0.2, 0.25) is 5.02 Å². The number of hydrogen-bond donors (Lipinski definition) is 1. The van der Waals surface area contributed by atoms with E-state index in [0.717, 1.165) is 32.7 Å². The zero-order valence-electron chi connectivity index (χ0n) is 14.4. The zero-order valence-corrected chi connectivity index (χ0v) is 15.2. The molecule has 0 unspecified atom stereocenters. The summed E-state index contributed by atoms with van der Waals surface area (Å²) >= 11 is 5.80. The second-order valence-corrected chi connectivity index (χ2v) is 6.88. The third kappa shape index (κ3) is 5.53. The molecule has 5 nitrogen and oxygen atoms in total. The van der Waals surface area contributed by atoms with Crippen molar-refractivity contribution in [3.05, 3.63) is 58.7 Å². The van der Waals surface area contributed by atoms with Gasteiger partial charge in [-0.05, 0) is 24.6 Å². The second-order valence-electron chi connectivity index (χ2n) is 6.45. The molecule has 6 heteroatoms. The number of anilines is 1. The molecule has 3 rings (SSSR count). The van der Waals surface area contributed by atoms with E-state index in [2.05, 4.69) is 51.3 Å². The lowest BCUT2D eigenvalue weighted by Gasteiger charge is -2.34. The molecule has 0 aliphatic carbocycles. The van der Waals surface area contributed by atoms with Crippen molar-refractivity contribution in [2.24, 2.45) is 0 Å². The van der Waals surface area contributed by atoms with Gasteiger partial charge < -0.3 is 5.32 Å². The van der Waals surface area contributed by atoms with E-state index in [1.54, 1.807) is 12.1 Å². The fourth-order valence-corrected chi connectivity index (χ4v) is 3.00. The molecular formula is C19H23ClN4O. The average Bonchev–Trinajstić information content (AvgIpc) is 2.61. The molecule has 1 aromatic carbocycles. The molecular weight excluding hydrogens is 336 g/mol. The van der Waals surface area contributed by atoms with Gasteiger partial charge in [-0.25, -0.2) is 4.98 Å². The van der Waals surface area contributed by atoms with Crippen molar-refractivity contribution < 1.29 is 4.79 Å². The number of rotatable bonds is 5. The number of piperazine rings is 1. The van der Waals surface area contributed by atoms with Gasteiger partial charge in [0.25, 0.3) is 0 Å². The fourth-order valence-electron chi connectivity index (χ4n) is 2.89. The number of aryl methyl sites for hydroxylation is 1. The van der Waals surface area contributed by atoms with Crippen LogP contribution in [0.3, 0.4) is 0 Å². The van der Waals surface area contributed by atoms with E-state index < -0.39 is 0 Å². The van der Waals surface area contributed by atoms with Crippen LogP contribution < -0.4 is 5.32 Å². The second kappa shape index (κ2) is 8.43. The normalized spacial score (nSPS) is 15.9. The molecule has 1 N–H and O–H groups in total. The number of pyridine rings is 1. The number of nitrogens with one attached hydrogen (secondary N) is 1. The predicted octanol–water partition coefficient (Wildman–Crippen LogP) is 2.80. The van der Waals surface area contributed by atoms with Crippen LogP contribution in [-0.4, -0.2) is 53.4 Å². The maximum absolute atomic E-state index is 12.1. The SMILES string of the molecule is Cc1ccc(CN2CCN(CC(=O)Nc3ccc(Cl)cn3)CC2)cc1. The van der Waals surface area contributed by atoms with Gasteiger partial charge in [0.2, 0.25) is 5.91 Å². The average molecular weight is 359 g/mol.